The molecule has 3 heterocycles. The zero-order valence-corrected chi connectivity index (χ0v) is 17.3. The number of rotatable bonds is 7. The van der Waals surface area contributed by atoms with E-state index in [1.54, 1.807) is 0 Å². The Bertz CT molecular complexity index is 937. The minimum absolute atomic E-state index is 0.137. The lowest BCUT2D eigenvalue weighted by atomic mass is 10.0. The normalized spacial score (nSPS) is 19.2. The van der Waals surface area contributed by atoms with Crippen molar-refractivity contribution in [2.45, 2.75) is 45.2 Å². The Morgan fingerprint density at radius 2 is 1.87 bits per heavy atom. The zero-order valence-electron chi connectivity index (χ0n) is 17.3. The number of anilines is 2. The van der Waals surface area contributed by atoms with Gasteiger partial charge < -0.3 is 15.4 Å². The predicted octanol–water partition coefficient (Wildman–Crippen LogP) is 2.58. The molecule has 158 valence electrons. The number of aromatic nitrogens is 2. The number of likely N-dealkylation sites (tertiary alicyclic amines) is 1. The first kappa shape index (κ1) is 19.3. The molecule has 7 heteroatoms. The first-order valence-corrected chi connectivity index (χ1v) is 11.0. The number of carbonyl (C=O) groups excluding carboxylic acids is 1. The molecule has 0 amide bonds. The van der Waals surface area contributed by atoms with Gasteiger partial charge in [-0.2, -0.15) is 9.97 Å². The monoisotopic (exact) mass is 407 g/mol. The maximum absolute atomic E-state index is 12.4. The molecule has 1 aromatic heterocycles. The molecule has 1 aliphatic carbocycles. The summed E-state index contributed by atoms with van der Waals surface area (Å²) in [7, 11) is 0. The van der Waals surface area contributed by atoms with Crippen LogP contribution in [0, 0.1) is 5.92 Å². The molecular formula is C23H29N5O2. The van der Waals surface area contributed by atoms with Gasteiger partial charge in [0.25, 0.3) is 0 Å². The van der Waals surface area contributed by atoms with Crippen molar-refractivity contribution in [1.82, 2.24) is 14.9 Å². The average Bonchev–Trinajstić information content (AvgIpc) is 3.42. The molecule has 0 unspecified atom stereocenters. The molecule has 2 fully saturated rings. The highest BCUT2D eigenvalue weighted by atomic mass is 16.5. The molecule has 1 aromatic carbocycles. The van der Waals surface area contributed by atoms with E-state index in [9.17, 15) is 4.79 Å². The van der Waals surface area contributed by atoms with E-state index >= 15 is 0 Å². The SMILES string of the molecule is Nc1nc(OCC2CC2)nc2c1CC(=O)CN2Cc1cccc(CN2CCCC2)c1. The number of benzene rings is 1. The molecule has 0 radical (unpaired) electrons. The molecule has 1 saturated heterocycles. The smallest absolute Gasteiger partial charge is 0.320 e. The number of ether oxygens (including phenoxy) is 1. The first-order chi connectivity index (χ1) is 14.6. The van der Waals surface area contributed by atoms with E-state index in [0.717, 1.165) is 17.9 Å². The standard InChI is InChI=1S/C23H29N5O2/c24-21-20-11-19(29)14-28(22(20)26-23(25-21)30-15-16-6-7-16)13-18-5-3-4-17(10-18)12-27-8-1-2-9-27/h3-5,10,16H,1-2,6-9,11-15H2,(H2,24,25,26). The van der Waals surface area contributed by atoms with Crippen molar-refractivity contribution in [3.63, 3.8) is 0 Å². The molecule has 7 nitrogen and oxygen atoms in total. The van der Waals surface area contributed by atoms with E-state index in [0.29, 0.717) is 37.4 Å². The van der Waals surface area contributed by atoms with Crippen LogP contribution in [0.1, 0.15) is 42.4 Å². The highest BCUT2D eigenvalue weighted by molar-refractivity contribution is 5.91. The molecular weight excluding hydrogens is 378 g/mol. The van der Waals surface area contributed by atoms with Crippen LogP contribution in [0.2, 0.25) is 0 Å². The Balaban J connectivity index is 1.36. The van der Waals surface area contributed by atoms with Gasteiger partial charge in [-0.15, -0.1) is 0 Å². The van der Waals surface area contributed by atoms with E-state index in [2.05, 4.69) is 39.1 Å². The van der Waals surface area contributed by atoms with Gasteiger partial charge in [-0.05, 0) is 55.8 Å². The van der Waals surface area contributed by atoms with Crippen LogP contribution in [0.5, 0.6) is 6.01 Å². The van der Waals surface area contributed by atoms with Crippen LogP contribution in [-0.2, 0) is 24.3 Å². The summed E-state index contributed by atoms with van der Waals surface area (Å²) < 4.78 is 5.78. The summed E-state index contributed by atoms with van der Waals surface area (Å²) >= 11 is 0. The maximum Gasteiger partial charge on any atom is 0.320 e. The van der Waals surface area contributed by atoms with Gasteiger partial charge in [-0.3, -0.25) is 9.69 Å². The van der Waals surface area contributed by atoms with Gasteiger partial charge in [-0.1, -0.05) is 24.3 Å². The molecule has 0 atom stereocenters. The maximum atomic E-state index is 12.4. The Kier molecular flexibility index (Phi) is 5.29. The van der Waals surface area contributed by atoms with Crippen molar-refractivity contribution in [2.24, 2.45) is 5.92 Å². The largest absolute Gasteiger partial charge is 0.463 e. The van der Waals surface area contributed by atoms with Gasteiger partial charge >= 0.3 is 6.01 Å². The second-order valence-electron chi connectivity index (χ2n) is 8.82. The first-order valence-electron chi connectivity index (χ1n) is 11.0. The van der Waals surface area contributed by atoms with E-state index in [-0.39, 0.29) is 12.2 Å². The molecule has 1 saturated carbocycles. The molecule has 2 aromatic rings. The Hall–Kier alpha value is -2.67. The van der Waals surface area contributed by atoms with Crippen LogP contribution < -0.4 is 15.4 Å². The van der Waals surface area contributed by atoms with Crippen LogP contribution in [0.3, 0.4) is 0 Å². The van der Waals surface area contributed by atoms with Crippen LogP contribution in [0.15, 0.2) is 24.3 Å². The third kappa shape index (κ3) is 4.41. The summed E-state index contributed by atoms with van der Waals surface area (Å²) in [6.07, 6.45) is 5.27. The topological polar surface area (TPSA) is 84.6 Å². The lowest BCUT2D eigenvalue weighted by Gasteiger charge is -2.30. The van der Waals surface area contributed by atoms with Gasteiger partial charge in [0.05, 0.1) is 13.2 Å². The number of hydrogen-bond acceptors (Lipinski definition) is 7. The molecule has 2 aliphatic heterocycles. The van der Waals surface area contributed by atoms with Crippen LogP contribution >= 0.6 is 0 Å². The molecule has 0 bridgehead atoms. The van der Waals surface area contributed by atoms with Crippen molar-refractivity contribution in [3.05, 3.63) is 41.0 Å². The number of fused-ring (bicyclic) bond motifs is 1. The summed E-state index contributed by atoms with van der Waals surface area (Å²) in [6, 6.07) is 8.96. The van der Waals surface area contributed by atoms with Gasteiger partial charge in [0.2, 0.25) is 0 Å². The van der Waals surface area contributed by atoms with Crippen molar-refractivity contribution < 1.29 is 9.53 Å². The average molecular weight is 408 g/mol. The van der Waals surface area contributed by atoms with Crippen molar-refractivity contribution >= 4 is 17.4 Å². The van der Waals surface area contributed by atoms with Crippen molar-refractivity contribution in [3.8, 4) is 6.01 Å². The highest BCUT2D eigenvalue weighted by Gasteiger charge is 2.29. The van der Waals surface area contributed by atoms with Gasteiger partial charge in [-0.25, -0.2) is 0 Å². The van der Waals surface area contributed by atoms with Crippen LogP contribution in [0.4, 0.5) is 11.6 Å². The summed E-state index contributed by atoms with van der Waals surface area (Å²) in [5.74, 6) is 1.84. The lowest BCUT2D eigenvalue weighted by Crippen LogP contribution is -2.36. The quantitative estimate of drug-likeness (QED) is 0.755. The van der Waals surface area contributed by atoms with Gasteiger partial charge in [0.15, 0.2) is 5.78 Å². The predicted molar refractivity (Wildman–Crippen MR) is 115 cm³/mol. The second kappa shape index (κ2) is 8.22. The van der Waals surface area contributed by atoms with Gasteiger partial charge in [0.1, 0.15) is 11.6 Å². The third-order valence-corrected chi connectivity index (χ3v) is 6.15. The fourth-order valence-electron chi connectivity index (χ4n) is 4.36. The van der Waals surface area contributed by atoms with E-state index in [1.807, 2.05) is 4.90 Å². The summed E-state index contributed by atoms with van der Waals surface area (Å²) in [5, 5.41) is 0. The van der Waals surface area contributed by atoms with E-state index < -0.39 is 0 Å². The van der Waals surface area contributed by atoms with Crippen molar-refractivity contribution in [1.29, 1.82) is 0 Å². The van der Waals surface area contributed by atoms with Crippen molar-refractivity contribution in [2.75, 3.05) is 36.9 Å². The van der Waals surface area contributed by atoms with Crippen LogP contribution in [0.25, 0.3) is 0 Å². The number of nitrogens with two attached hydrogens (primary N) is 1. The fourth-order valence-corrected chi connectivity index (χ4v) is 4.36. The Labute approximate surface area is 177 Å². The molecule has 30 heavy (non-hydrogen) atoms. The summed E-state index contributed by atoms with van der Waals surface area (Å²) in [6.45, 7) is 4.93. The Morgan fingerprint density at radius 3 is 2.63 bits per heavy atom. The Morgan fingerprint density at radius 1 is 1.10 bits per heavy atom. The van der Waals surface area contributed by atoms with Crippen LogP contribution in [-0.4, -0.2) is 46.9 Å². The van der Waals surface area contributed by atoms with E-state index in [4.69, 9.17) is 10.5 Å². The number of Topliss-reactive ketones (excluding diaryl/α,β-unsaturated/α-hetero) is 1. The zero-order chi connectivity index (χ0) is 20.5. The molecule has 5 rings (SSSR count). The second-order valence-corrected chi connectivity index (χ2v) is 8.82. The molecule has 3 aliphatic rings. The number of nitrogens with zero attached hydrogens (tertiary/aromatic N) is 4. The number of ketones is 1. The minimum atomic E-state index is 0.137. The van der Waals surface area contributed by atoms with Gasteiger partial charge in [0, 0.05) is 25.1 Å². The highest BCUT2D eigenvalue weighted by Crippen LogP contribution is 2.32. The molecule has 2 N–H and O–H groups in total. The lowest BCUT2D eigenvalue weighted by molar-refractivity contribution is -0.117. The fraction of sp³-hybridized carbons (Fsp3) is 0.522. The number of hydrogen-bond donors (Lipinski definition) is 1. The third-order valence-electron chi connectivity index (χ3n) is 6.15. The summed E-state index contributed by atoms with van der Waals surface area (Å²) in [5.41, 5.74) is 9.39. The summed E-state index contributed by atoms with van der Waals surface area (Å²) in [4.78, 5) is 25.8. The molecule has 0 spiro atoms. The number of nitrogen functional groups attached to an aromatic ring is 1. The number of carbonyl (C=O) groups is 1. The van der Waals surface area contributed by atoms with E-state index in [1.165, 1.54) is 49.9 Å². The minimum Gasteiger partial charge on any atom is -0.463 e.